The van der Waals surface area contributed by atoms with E-state index in [4.69, 9.17) is 21.4 Å². The van der Waals surface area contributed by atoms with Gasteiger partial charge in [-0.15, -0.1) is 0 Å². The van der Waals surface area contributed by atoms with E-state index in [2.05, 4.69) is 5.32 Å². The fourth-order valence-electron chi connectivity index (χ4n) is 2.03. The van der Waals surface area contributed by atoms with Crippen LogP contribution in [0.3, 0.4) is 0 Å². The Morgan fingerprint density at radius 2 is 2.19 bits per heavy atom. The van der Waals surface area contributed by atoms with Gasteiger partial charge in [-0.05, 0) is 36.5 Å². The van der Waals surface area contributed by atoms with Gasteiger partial charge in [0.25, 0.3) is 5.91 Å². The highest BCUT2D eigenvalue weighted by Crippen LogP contribution is 2.25. The van der Waals surface area contributed by atoms with Gasteiger partial charge >= 0.3 is 0 Å². The summed E-state index contributed by atoms with van der Waals surface area (Å²) in [5, 5.41) is 3.22. The smallest absolute Gasteiger partial charge is 0.281 e. The topological polar surface area (TPSA) is 54.7 Å². The number of carbonyl (C=O) groups excluding carboxylic acids is 1. The molecule has 1 aromatic heterocycles. The Bertz CT molecular complexity index is 722. The molecule has 0 aliphatic carbocycles. The summed E-state index contributed by atoms with van der Waals surface area (Å²) in [4.78, 5) is 13.9. The van der Waals surface area contributed by atoms with Gasteiger partial charge < -0.3 is 14.5 Å². The van der Waals surface area contributed by atoms with Crippen molar-refractivity contribution in [2.45, 2.75) is 0 Å². The first-order chi connectivity index (χ1) is 10.2. The number of rotatable bonds is 3. The number of carbonyl (C=O) groups is 1. The quantitative estimate of drug-likeness (QED) is 0.697. The predicted molar refractivity (Wildman–Crippen MR) is 82.9 cm³/mol. The van der Waals surface area contributed by atoms with Gasteiger partial charge in [-0.1, -0.05) is 6.07 Å². The molecule has 3 rings (SSSR count). The van der Waals surface area contributed by atoms with Crippen molar-refractivity contribution in [2.75, 3.05) is 12.0 Å². The zero-order chi connectivity index (χ0) is 14.8. The third-order valence-corrected chi connectivity index (χ3v) is 3.30. The van der Waals surface area contributed by atoms with Crippen LogP contribution in [0.4, 0.5) is 5.69 Å². The van der Waals surface area contributed by atoms with E-state index in [0.29, 0.717) is 28.0 Å². The largest absolute Gasteiger partial charge is 0.497 e. The number of furan rings is 1. The summed E-state index contributed by atoms with van der Waals surface area (Å²) in [6.07, 6.45) is 3.17. The minimum atomic E-state index is -0.232. The fourth-order valence-corrected chi connectivity index (χ4v) is 2.33. The van der Waals surface area contributed by atoms with E-state index in [1.54, 1.807) is 55.8 Å². The molecule has 1 fully saturated rings. The minimum Gasteiger partial charge on any atom is -0.497 e. The Kier molecular flexibility index (Phi) is 3.45. The van der Waals surface area contributed by atoms with E-state index < -0.39 is 0 Å². The number of anilines is 1. The number of thiocarbonyl (C=S) groups is 1. The van der Waals surface area contributed by atoms with Crippen molar-refractivity contribution in [3.8, 4) is 5.75 Å². The molecule has 1 N–H and O–H groups in total. The van der Waals surface area contributed by atoms with Crippen LogP contribution in [0.25, 0.3) is 6.08 Å². The lowest BCUT2D eigenvalue weighted by Crippen LogP contribution is -2.30. The Morgan fingerprint density at radius 3 is 2.90 bits per heavy atom. The molecule has 1 amide bonds. The Morgan fingerprint density at radius 1 is 1.33 bits per heavy atom. The van der Waals surface area contributed by atoms with Crippen molar-refractivity contribution in [1.82, 2.24) is 5.32 Å². The third-order valence-electron chi connectivity index (χ3n) is 3.02. The standard InChI is InChI=1S/C15H12N2O3S/c1-19-11-5-2-4-10(8-11)17-14(18)13(16-15(17)21)9-12-6-3-7-20-12/h2-9H,1H3,(H,16,21)/b13-9-. The van der Waals surface area contributed by atoms with Crippen molar-refractivity contribution in [2.24, 2.45) is 0 Å². The number of hydrogen-bond donors (Lipinski definition) is 1. The second kappa shape index (κ2) is 5.41. The molecule has 0 bridgehead atoms. The second-order valence-electron chi connectivity index (χ2n) is 4.35. The molecule has 5 nitrogen and oxygen atoms in total. The fraction of sp³-hybridized carbons (Fsp3) is 0.0667. The summed E-state index contributed by atoms with van der Waals surface area (Å²) < 4.78 is 10.4. The van der Waals surface area contributed by atoms with Crippen LogP contribution >= 0.6 is 12.2 Å². The van der Waals surface area contributed by atoms with Gasteiger partial charge in [-0.2, -0.15) is 0 Å². The van der Waals surface area contributed by atoms with Gasteiger partial charge in [0.05, 0.1) is 19.1 Å². The SMILES string of the molecule is COc1cccc(N2C(=O)/C(=C/c3ccco3)NC2=S)c1. The Balaban J connectivity index is 1.93. The number of hydrogen-bond acceptors (Lipinski definition) is 4. The molecule has 1 saturated heterocycles. The van der Waals surface area contributed by atoms with Crippen molar-refractivity contribution in [1.29, 1.82) is 0 Å². The highest BCUT2D eigenvalue weighted by atomic mass is 32.1. The van der Waals surface area contributed by atoms with Crippen LogP contribution < -0.4 is 15.0 Å². The van der Waals surface area contributed by atoms with Gasteiger partial charge in [0.15, 0.2) is 5.11 Å². The molecular formula is C15H12N2O3S. The second-order valence-corrected chi connectivity index (χ2v) is 4.73. The first kappa shape index (κ1) is 13.4. The number of methoxy groups -OCH3 is 1. The third kappa shape index (κ3) is 2.53. The Hall–Kier alpha value is -2.60. The molecule has 1 aliphatic rings. The maximum atomic E-state index is 12.5. The Labute approximate surface area is 126 Å². The number of nitrogens with zero attached hydrogens (tertiary/aromatic N) is 1. The summed E-state index contributed by atoms with van der Waals surface area (Å²) in [7, 11) is 1.57. The molecule has 21 heavy (non-hydrogen) atoms. The summed E-state index contributed by atoms with van der Waals surface area (Å²) in [5.41, 5.74) is 1.03. The first-order valence-electron chi connectivity index (χ1n) is 6.24. The van der Waals surface area contributed by atoms with Gasteiger partial charge in [0.1, 0.15) is 17.2 Å². The molecule has 1 aliphatic heterocycles. The molecule has 6 heteroatoms. The summed E-state index contributed by atoms with van der Waals surface area (Å²) >= 11 is 5.23. The lowest BCUT2D eigenvalue weighted by molar-refractivity contribution is -0.113. The van der Waals surface area contributed by atoms with Crippen LogP contribution in [0.5, 0.6) is 5.75 Å². The molecule has 0 unspecified atom stereocenters. The molecule has 0 spiro atoms. The predicted octanol–water partition coefficient (Wildman–Crippen LogP) is 2.55. The molecular weight excluding hydrogens is 288 g/mol. The molecule has 2 heterocycles. The van der Waals surface area contributed by atoms with Gasteiger partial charge in [0.2, 0.25) is 0 Å². The minimum absolute atomic E-state index is 0.232. The summed E-state index contributed by atoms with van der Waals surface area (Å²) in [5.74, 6) is 1.01. The highest BCUT2D eigenvalue weighted by Gasteiger charge is 2.32. The molecule has 106 valence electrons. The molecule has 0 radical (unpaired) electrons. The van der Waals surface area contributed by atoms with Gasteiger partial charge in [-0.25, -0.2) is 0 Å². The van der Waals surface area contributed by atoms with Crippen LogP contribution in [0.2, 0.25) is 0 Å². The summed E-state index contributed by atoms with van der Waals surface area (Å²) in [6, 6.07) is 10.7. The maximum absolute atomic E-state index is 12.5. The normalized spacial score (nSPS) is 16.4. The number of benzene rings is 1. The molecule has 2 aromatic rings. The van der Waals surface area contributed by atoms with Crippen LogP contribution in [-0.2, 0) is 4.79 Å². The monoisotopic (exact) mass is 300 g/mol. The first-order valence-corrected chi connectivity index (χ1v) is 6.64. The zero-order valence-corrected chi connectivity index (χ0v) is 12.0. The van der Waals surface area contributed by atoms with Crippen molar-refractivity contribution < 1.29 is 13.9 Å². The van der Waals surface area contributed by atoms with Crippen LogP contribution in [0, 0.1) is 0 Å². The van der Waals surface area contributed by atoms with Crippen molar-refractivity contribution in [3.05, 3.63) is 54.1 Å². The van der Waals surface area contributed by atoms with Crippen LogP contribution in [-0.4, -0.2) is 18.1 Å². The number of amides is 1. The van der Waals surface area contributed by atoms with Crippen molar-refractivity contribution >= 4 is 35.0 Å². The highest BCUT2D eigenvalue weighted by molar-refractivity contribution is 7.80. The molecule has 0 saturated carbocycles. The van der Waals surface area contributed by atoms with Crippen LogP contribution in [0.1, 0.15) is 5.76 Å². The van der Waals surface area contributed by atoms with E-state index in [0.717, 1.165) is 0 Å². The molecule has 1 aromatic carbocycles. The van der Waals surface area contributed by atoms with Crippen molar-refractivity contribution in [3.63, 3.8) is 0 Å². The average molecular weight is 300 g/mol. The molecule has 0 atom stereocenters. The maximum Gasteiger partial charge on any atom is 0.281 e. The van der Waals surface area contributed by atoms with Gasteiger partial charge in [0, 0.05) is 12.1 Å². The zero-order valence-electron chi connectivity index (χ0n) is 11.2. The van der Waals surface area contributed by atoms with E-state index in [1.807, 2.05) is 0 Å². The average Bonchev–Trinajstić information content (AvgIpc) is 3.08. The van der Waals surface area contributed by atoms with E-state index >= 15 is 0 Å². The van der Waals surface area contributed by atoms with E-state index in [1.165, 1.54) is 4.90 Å². The number of nitrogens with one attached hydrogen (secondary N) is 1. The van der Waals surface area contributed by atoms with E-state index in [-0.39, 0.29) is 5.91 Å². The van der Waals surface area contributed by atoms with E-state index in [9.17, 15) is 4.79 Å². The lowest BCUT2D eigenvalue weighted by Gasteiger charge is -2.14. The number of ether oxygens (including phenoxy) is 1. The van der Waals surface area contributed by atoms with Crippen LogP contribution in [0.15, 0.2) is 52.8 Å². The summed E-state index contributed by atoms with van der Waals surface area (Å²) in [6.45, 7) is 0. The lowest BCUT2D eigenvalue weighted by atomic mass is 10.2. The van der Waals surface area contributed by atoms with Gasteiger partial charge in [-0.3, -0.25) is 9.69 Å².